The van der Waals surface area contributed by atoms with Crippen molar-refractivity contribution in [1.82, 2.24) is 0 Å². The van der Waals surface area contributed by atoms with Gasteiger partial charge in [-0.1, -0.05) is 6.07 Å². The van der Waals surface area contributed by atoms with Crippen molar-refractivity contribution in [3.63, 3.8) is 0 Å². The molecule has 2 aromatic carbocycles. The van der Waals surface area contributed by atoms with Gasteiger partial charge in [0.25, 0.3) is 0 Å². The molecule has 3 amide bonds. The van der Waals surface area contributed by atoms with Gasteiger partial charge in [-0.3, -0.25) is 19.2 Å². The number of ether oxygens (including phenoxy) is 2. The normalized spacial score (nSPS) is 29.2. The Bertz CT molecular complexity index is 1200. The molecule has 6 rings (SSSR count). The van der Waals surface area contributed by atoms with Crippen LogP contribution in [0.25, 0.3) is 0 Å². The maximum Gasteiger partial charge on any atom is 0.316 e. The Morgan fingerprint density at radius 2 is 1.57 bits per heavy atom. The number of imide groups is 1. The van der Waals surface area contributed by atoms with Gasteiger partial charge in [0.1, 0.15) is 11.5 Å². The first kappa shape index (κ1) is 21.8. The molecule has 2 aromatic rings. The average molecular weight is 475 g/mol. The zero-order chi connectivity index (χ0) is 24.3. The molecule has 0 aromatic heterocycles. The van der Waals surface area contributed by atoms with Gasteiger partial charge in [-0.15, -0.1) is 0 Å². The molecule has 0 spiro atoms. The van der Waals surface area contributed by atoms with Crippen molar-refractivity contribution in [1.29, 1.82) is 0 Å². The van der Waals surface area contributed by atoms with Crippen LogP contribution in [0.4, 0.5) is 11.4 Å². The fourth-order valence-corrected chi connectivity index (χ4v) is 6.43. The first-order chi connectivity index (χ1) is 16.9. The zero-order valence-electron chi connectivity index (χ0n) is 19.4. The van der Waals surface area contributed by atoms with E-state index in [1.807, 2.05) is 0 Å². The van der Waals surface area contributed by atoms with Crippen molar-refractivity contribution < 1.29 is 28.7 Å². The Labute approximate surface area is 202 Å². The monoisotopic (exact) mass is 474 g/mol. The van der Waals surface area contributed by atoms with Crippen LogP contribution in [-0.2, 0) is 19.2 Å². The number of carbonyl (C=O) groups excluding carboxylic acids is 4. The van der Waals surface area contributed by atoms with Gasteiger partial charge in [-0.2, -0.15) is 0 Å². The summed E-state index contributed by atoms with van der Waals surface area (Å²) in [5.74, 6) is -0.409. The summed E-state index contributed by atoms with van der Waals surface area (Å²) in [5, 5.41) is 0. The molecule has 2 saturated heterocycles. The molecule has 2 heterocycles. The second-order valence-electron chi connectivity index (χ2n) is 9.92. The summed E-state index contributed by atoms with van der Waals surface area (Å²) in [4.78, 5) is 54.5. The van der Waals surface area contributed by atoms with E-state index in [0.717, 1.165) is 19.3 Å². The van der Waals surface area contributed by atoms with Crippen molar-refractivity contribution >= 4 is 35.1 Å². The van der Waals surface area contributed by atoms with Crippen LogP contribution in [0.3, 0.4) is 0 Å². The molecule has 2 aliphatic carbocycles. The molecule has 0 N–H and O–H groups in total. The van der Waals surface area contributed by atoms with Crippen LogP contribution >= 0.6 is 0 Å². The Balaban J connectivity index is 1.15. The molecule has 4 fully saturated rings. The highest BCUT2D eigenvalue weighted by atomic mass is 16.5. The van der Waals surface area contributed by atoms with Crippen molar-refractivity contribution in [3.05, 3.63) is 48.5 Å². The van der Waals surface area contributed by atoms with Gasteiger partial charge in [-0.25, -0.2) is 4.90 Å². The van der Waals surface area contributed by atoms with E-state index in [9.17, 15) is 19.2 Å². The number of nitrogens with zero attached hydrogens (tertiary/aromatic N) is 2. The smallest absolute Gasteiger partial charge is 0.316 e. The number of hydrogen-bond donors (Lipinski definition) is 0. The molecule has 8 heteroatoms. The third-order valence-corrected chi connectivity index (χ3v) is 8.06. The van der Waals surface area contributed by atoms with E-state index >= 15 is 0 Å². The lowest BCUT2D eigenvalue weighted by Crippen LogP contribution is -2.32. The fraction of sp³-hybridized carbons (Fsp3) is 0.407. The topological polar surface area (TPSA) is 93.2 Å². The van der Waals surface area contributed by atoms with Gasteiger partial charge in [0.05, 0.1) is 30.6 Å². The largest absolute Gasteiger partial charge is 0.497 e. The molecule has 4 aliphatic rings. The van der Waals surface area contributed by atoms with E-state index < -0.39 is 11.9 Å². The molecule has 2 bridgehead atoms. The maximum atomic E-state index is 13.1. The highest BCUT2D eigenvalue weighted by Crippen LogP contribution is 2.56. The van der Waals surface area contributed by atoms with Crippen molar-refractivity contribution in [2.75, 3.05) is 23.5 Å². The summed E-state index contributed by atoms with van der Waals surface area (Å²) < 4.78 is 10.8. The van der Waals surface area contributed by atoms with Crippen LogP contribution in [0.2, 0.25) is 0 Å². The lowest BCUT2D eigenvalue weighted by atomic mass is 9.81. The third kappa shape index (κ3) is 3.50. The maximum absolute atomic E-state index is 13.1. The Hall–Kier alpha value is -3.68. The minimum atomic E-state index is -0.613. The van der Waals surface area contributed by atoms with Crippen molar-refractivity contribution in [3.8, 4) is 11.5 Å². The molecule has 5 atom stereocenters. The number of rotatable bonds is 5. The van der Waals surface area contributed by atoms with Crippen LogP contribution in [0.1, 0.15) is 25.7 Å². The lowest BCUT2D eigenvalue weighted by molar-refractivity contribution is -0.139. The quantitative estimate of drug-likeness (QED) is 0.375. The Morgan fingerprint density at radius 1 is 0.886 bits per heavy atom. The summed E-state index contributed by atoms with van der Waals surface area (Å²) in [6.07, 6.45) is 3.07. The first-order valence-corrected chi connectivity index (χ1v) is 12.1. The first-order valence-electron chi connectivity index (χ1n) is 12.1. The standard InChI is InChI=1S/C27H26N2O6/c1-34-20-9-7-18(8-10-20)28-14-17(12-22(28)30)27(33)35-21-4-2-3-19(13-21)29-25(31)23-15-5-6-16(11-15)24(23)26(29)32/h2-4,7-10,13,15-17,23-24H,5-6,11-12,14H2,1H3/t15-,16-,17-,23-,24+/m0/s1. The highest BCUT2D eigenvalue weighted by Gasteiger charge is 2.61. The summed E-state index contributed by atoms with van der Waals surface area (Å²) in [6, 6.07) is 13.6. The zero-order valence-corrected chi connectivity index (χ0v) is 19.4. The van der Waals surface area contributed by atoms with E-state index in [2.05, 4.69) is 0 Å². The minimum Gasteiger partial charge on any atom is -0.497 e. The van der Waals surface area contributed by atoms with Gasteiger partial charge in [0.15, 0.2) is 0 Å². The number of methoxy groups -OCH3 is 1. The van der Waals surface area contributed by atoms with E-state index in [0.29, 0.717) is 29.0 Å². The number of esters is 1. The van der Waals surface area contributed by atoms with Crippen LogP contribution in [0.5, 0.6) is 11.5 Å². The molecular formula is C27H26N2O6. The third-order valence-electron chi connectivity index (χ3n) is 8.06. The molecule has 2 aliphatic heterocycles. The van der Waals surface area contributed by atoms with Crippen molar-refractivity contribution in [2.45, 2.75) is 25.7 Å². The molecular weight excluding hydrogens is 448 g/mol. The number of benzene rings is 2. The summed E-state index contributed by atoms with van der Waals surface area (Å²) in [7, 11) is 1.57. The van der Waals surface area contributed by atoms with Gasteiger partial charge in [0.2, 0.25) is 17.7 Å². The predicted molar refractivity (Wildman–Crippen MR) is 126 cm³/mol. The van der Waals surface area contributed by atoms with Gasteiger partial charge in [-0.05, 0) is 67.5 Å². The minimum absolute atomic E-state index is 0.0553. The lowest BCUT2D eigenvalue weighted by Gasteiger charge is -2.19. The van der Waals surface area contributed by atoms with Gasteiger partial charge in [0, 0.05) is 24.7 Å². The molecule has 8 nitrogen and oxygen atoms in total. The summed E-state index contributed by atoms with van der Waals surface area (Å²) >= 11 is 0. The molecule has 2 saturated carbocycles. The van der Waals surface area contributed by atoms with Crippen LogP contribution in [0, 0.1) is 29.6 Å². The van der Waals surface area contributed by atoms with E-state index in [4.69, 9.17) is 9.47 Å². The van der Waals surface area contributed by atoms with Crippen molar-refractivity contribution in [2.24, 2.45) is 29.6 Å². The molecule has 0 unspecified atom stereocenters. The van der Waals surface area contributed by atoms with E-state index in [-0.39, 0.29) is 48.3 Å². The number of anilines is 2. The Kier molecular flexibility index (Phi) is 5.12. The van der Waals surface area contributed by atoms with E-state index in [1.54, 1.807) is 60.5 Å². The molecule has 180 valence electrons. The second-order valence-corrected chi connectivity index (χ2v) is 9.92. The highest BCUT2D eigenvalue weighted by molar-refractivity contribution is 6.22. The SMILES string of the molecule is COc1ccc(N2C[C@@H](C(=O)Oc3cccc(N4C(=O)[C@@H]5[C@H]6CC[C@@H](C6)[C@@H]5C4=O)c3)CC2=O)cc1. The number of fused-ring (bicyclic) bond motifs is 5. The van der Waals surface area contributed by atoms with Crippen LogP contribution < -0.4 is 19.3 Å². The summed E-state index contributed by atoms with van der Waals surface area (Å²) in [5.41, 5.74) is 1.13. The summed E-state index contributed by atoms with van der Waals surface area (Å²) in [6.45, 7) is 0.221. The second kappa shape index (κ2) is 8.22. The number of carbonyl (C=O) groups is 4. The molecule has 0 radical (unpaired) electrons. The van der Waals surface area contributed by atoms with Crippen LogP contribution in [-0.4, -0.2) is 37.3 Å². The van der Waals surface area contributed by atoms with Gasteiger partial charge < -0.3 is 14.4 Å². The Morgan fingerprint density at radius 3 is 2.23 bits per heavy atom. The van der Waals surface area contributed by atoms with E-state index in [1.165, 1.54) is 4.90 Å². The number of amides is 3. The average Bonchev–Trinajstić information content (AvgIpc) is 3.63. The predicted octanol–water partition coefficient (Wildman–Crippen LogP) is 3.19. The van der Waals surface area contributed by atoms with Crippen LogP contribution in [0.15, 0.2) is 48.5 Å². The fourth-order valence-electron chi connectivity index (χ4n) is 6.43. The molecule has 35 heavy (non-hydrogen) atoms. The number of hydrogen-bond acceptors (Lipinski definition) is 6. The van der Waals surface area contributed by atoms with Gasteiger partial charge >= 0.3 is 5.97 Å².